The SMILES string of the molecule is CC(=O)Nc1ccc(Oc2nnc(C)c3ccccc23)cc1. The Hall–Kier alpha value is -2.95. The first kappa shape index (κ1) is 14.0. The molecule has 0 aliphatic rings. The largest absolute Gasteiger partial charge is 0.437 e. The number of aryl methyl sites for hydroxylation is 1. The molecule has 1 N–H and O–H groups in total. The summed E-state index contributed by atoms with van der Waals surface area (Å²) in [7, 11) is 0. The van der Waals surface area contributed by atoms with E-state index in [0.29, 0.717) is 11.6 Å². The molecule has 0 atom stereocenters. The summed E-state index contributed by atoms with van der Waals surface area (Å²) in [6.45, 7) is 3.39. The van der Waals surface area contributed by atoms with Crippen LogP contribution in [0.25, 0.3) is 10.8 Å². The van der Waals surface area contributed by atoms with Crippen molar-refractivity contribution in [1.82, 2.24) is 10.2 Å². The first-order valence-electron chi connectivity index (χ1n) is 6.91. The molecule has 0 aliphatic heterocycles. The molecule has 0 bridgehead atoms. The quantitative estimate of drug-likeness (QED) is 0.800. The normalized spacial score (nSPS) is 10.5. The van der Waals surface area contributed by atoms with Crippen molar-refractivity contribution in [1.29, 1.82) is 0 Å². The zero-order valence-electron chi connectivity index (χ0n) is 12.3. The van der Waals surface area contributed by atoms with Crippen LogP contribution in [0.15, 0.2) is 48.5 Å². The summed E-state index contributed by atoms with van der Waals surface area (Å²) in [5.74, 6) is 0.995. The minimum atomic E-state index is -0.107. The van der Waals surface area contributed by atoms with E-state index in [0.717, 1.165) is 22.2 Å². The molecule has 0 unspecified atom stereocenters. The van der Waals surface area contributed by atoms with Crippen LogP contribution in [-0.2, 0) is 4.79 Å². The van der Waals surface area contributed by atoms with E-state index in [1.807, 2.05) is 31.2 Å². The average molecular weight is 293 g/mol. The molecule has 5 heteroatoms. The second-order valence-corrected chi connectivity index (χ2v) is 4.94. The Morgan fingerprint density at radius 2 is 1.68 bits per heavy atom. The van der Waals surface area contributed by atoms with Gasteiger partial charge < -0.3 is 10.1 Å². The Morgan fingerprint density at radius 1 is 1.00 bits per heavy atom. The molecule has 0 spiro atoms. The lowest BCUT2D eigenvalue weighted by molar-refractivity contribution is -0.114. The van der Waals surface area contributed by atoms with Gasteiger partial charge in [0.15, 0.2) is 0 Å². The van der Waals surface area contributed by atoms with Gasteiger partial charge in [-0.2, -0.15) is 5.10 Å². The lowest BCUT2D eigenvalue weighted by Crippen LogP contribution is -2.05. The molecule has 0 saturated heterocycles. The molecular formula is C17H15N3O2. The van der Waals surface area contributed by atoms with E-state index in [-0.39, 0.29) is 5.91 Å². The Kier molecular flexibility index (Phi) is 3.70. The van der Waals surface area contributed by atoms with E-state index < -0.39 is 0 Å². The minimum Gasteiger partial charge on any atom is -0.437 e. The number of hydrogen-bond donors (Lipinski definition) is 1. The standard InChI is InChI=1S/C17H15N3O2/c1-11-15-5-3-4-6-16(15)17(20-19-11)22-14-9-7-13(8-10-14)18-12(2)21/h3-10H,1-2H3,(H,18,21). The van der Waals surface area contributed by atoms with E-state index >= 15 is 0 Å². The van der Waals surface area contributed by atoms with Gasteiger partial charge in [0.2, 0.25) is 11.8 Å². The highest BCUT2D eigenvalue weighted by Gasteiger charge is 2.08. The van der Waals surface area contributed by atoms with Crippen molar-refractivity contribution in [3.05, 3.63) is 54.2 Å². The van der Waals surface area contributed by atoms with Crippen LogP contribution >= 0.6 is 0 Å². The summed E-state index contributed by atoms with van der Waals surface area (Å²) >= 11 is 0. The van der Waals surface area contributed by atoms with Crippen molar-refractivity contribution in [2.45, 2.75) is 13.8 Å². The Morgan fingerprint density at radius 3 is 2.36 bits per heavy atom. The van der Waals surface area contributed by atoms with Crippen LogP contribution in [0.1, 0.15) is 12.6 Å². The topological polar surface area (TPSA) is 64.1 Å². The maximum absolute atomic E-state index is 11.0. The number of benzene rings is 2. The molecule has 2 aromatic carbocycles. The van der Waals surface area contributed by atoms with E-state index in [4.69, 9.17) is 4.74 Å². The van der Waals surface area contributed by atoms with Crippen molar-refractivity contribution >= 4 is 22.4 Å². The van der Waals surface area contributed by atoms with Gasteiger partial charge in [0, 0.05) is 23.4 Å². The van der Waals surface area contributed by atoms with Crippen molar-refractivity contribution in [2.75, 3.05) is 5.32 Å². The van der Waals surface area contributed by atoms with Crippen LogP contribution < -0.4 is 10.1 Å². The molecule has 3 aromatic rings. The summed E-state index contributed by atoms with van der Waals surface area (Å²) in [5, 5.41) is 12.9. The number of ether oxygens (including phenoxy) is 1. The van der Waals surface area contributed by atoms with Crippen molar-refractivity contribution < 1.29 is 9.53 Å². The number of amides is 1. The molecule has 0 saturated carbocycles. The highest BCUT2D eigenvalue weighted by atomic mass is 16.5. The number of nitrogens with one attached hydrogen (secondary N) is 1. The number of carbonyl (C=O) groups is 1. The van der Waals surface area contributed by atoms with E-state index in [1.165, 1.54) is 6.92 Å². The maximum atomic E-state index is 11.0. The summed E-state index contributed by atoms with van der Waals surface area (Å²) < 4.78 is 5.82. The lowest BCUT2D eigenvalue weighted by Gasteiger charge is -2.09. The number of anilines is 1. The van der Waals surface area contributed by atoms with E-state index in [1.54, 1.807) is 24.3 Å². The van der Waals surface area contributed by atoms with Crippen molar-refractivity contribution in [3.8, 4) is 11.6 Å². The summed E-state index contributed by atoms with van der Waals surface area (Å²) in [5.41, 5.74) is 1.59. The number of carbonyl (C=O) groups excluding carboxylic acids is 1. The third-order valence-corrected chi connectivity index (χ3v) is 3.23. The fourth-order valence-electron chi connectivity index (χ4n) is 2.21. The molecule has 1 heterocycles. The van der Waals surface area contributed by atoms with Gasteiger partial charge in [-0.3, -0.25) is 4.79 Å². The van der Waals surface area contributed by atoms with Crippen LogP contribution in [0.4, 0.5) is 5.69 Å². The zero-order valence-corrected chi connectivity index (χ0v) is 12.3. The Bertz CT molecular complexity index is 829. The van der Waals surface area contributed by atoms with Crippen LogP contribution in [0, 0.1) is 6.92 Å². The predicted molar refractivity (Wildman–Crippen MR) is 85.1 cm³/mol. The number of hydrogen-bond acceptors (Lipinski definition) is 4. The van der Waals surface area contributed by atoms with E-state index in [9.17, 15) is 4.79 Å². The molecule has 1 aromatic heterocycles. The second-order valence-electron chi connectivity index (χ2n) is 4.94. The second kappa shape index (κ2) is 5.81. The van der Waals surface area contributed by atoms with Crippen molar-refractivity contribution in [2.24, 2.45) is 0 Å². The fraction of sp³-hybridized carbons (Fsp3) is 0.118. The molecule has 5 nitrogen and oxygen atoms in total. The smallest absolute Gasteiger partial charge is 0.246 e. The molecule has 0 aliphatic carbocycles. The Labute approximate surface area is 127 Å². The van der Waals surface area contributed by atoms with Gasteiger partial charge in [0.1, 0.15) is 5.75 Å². The number of rotatable bonds is 3. The molecule has 22 heavy (non-hydrogen) atoms. The lowest BCUT2D eigenvalue weighted by atomic mass is 10.1. The van der Waals surface area contributed by atoms with Crippen LogP contribution in [0.5, 0.6) is 11.6 Å². The average Bonchev–Trinajstić information content (AvgIpc) is 2.52. The molecule has 1 amide bonds. The molecule has 0 radical (unpaired) electrons. The minimum absolute atomic E-state index is 0.107. The third-order valence-electron chi connectivity index (χ3n) is 3.23. The predicted octanol–water partition coefficient (Wildman–Crippen LogP) is 3.69. The number of fused-ring (bicyclic) bond motifs is 1. The van der Waals surface area contributed by atoms with Gasteiger partial charge in [-0.05, 0) is 37.3 Å². The third kappa shape index (κ3) is 2.88. The maximum Gasteiger partial charge on any atom is 0.246 e. The van der Waals surface area contributed by atoms with Gasteiger partial charge in [0.25, 0.3) is 0 Å². The zero-order chi connectivity index (χ0) is 15.5. The van der Waals surface area contributed by atoms with Gasteiger partial charge >= 0.3 is 0 Å². The van der Waals surface area contributed by atoms with Crippen molar-refractivity contribution in [3.63, 3.8) is 0 Å². The van der Waals surface area contributed by atoms with Gasteiger partial charge in [-0.1, -0.05) is 18.2 Å². The highest BCUT2D eigenvalue weighted by Crippen LogP contribution is 2.28. The van der Waals surface area contributed by atoms with Gasteiger partial charge in [-0.15, -0.1) is 5.10 Å². The number of aromatic nitrogens is 2. The Balaban J connectivity index is 1.90. The molecule has 3 rings (SSSR count). The molecule has 0 fully saturated rings. The van der Waals surface area contributed by atoms with Crippen LogP contribution in [0.2, 0.25) is 0 Å². The van der Waals surface area contributed by atoms with Crippen LogP contribution in [-0.4, -0.2) is 16.1 Å². The summed E-state index contributed by atoms with van der Waals surface area (Å²) in [6, 6.07) is 15.0. The first-order valence-corrected chi connectivity index (χ1v) is 6.91. The highest BCUT2D eigenvalue weighted by molar-refractivity contribution is 5.89. The van der Waals surface area contributed by atoms with Gasteiger partial charge in [-0.25, -0.2) is 0 Å². The molecular weight excluding hydrogens is 278 g/mol. The molecule has 110 valence electrons. The van der Waals surface area contributed by atoms with Crippen LogP contribution in [0.3, 0.4) is 0 Å². The van der Waals surface area contributed by atoms with Gasteiger partial charge in [0.05, 0.1) is 5.69 Å². The first-order chi connectivity index (χ1) is 10.6. The monoisotopic (exact) mass is 293 g/mol. The number of nitrogens with zero attached hydrogens (tertiary/aromatic N) is 2. The fourth-order valence-corrected chi connectivity index (χ4v) is 2.21. The summed E-state index contributed by atoms with van der Waals surface area (Å²) in [6.07, 6.45) is 0. The summed E-state index contributed by atoms with van der Waals surface area (Å²) in [4.78, 5) is 11.0. The van der Waals surface area contributed by atoms with E-state index in [2.05, 4.69) is 15.5 Å².